The Kier molecular flexibility index (Phi) is 3.82. The summed E-state index contributed by atoms with van der Waals surface area (Å²) in [6.45, 7) is 3.81. The minimum atomic E-state index is 0.132. The van der Waals surface area contributed by atoms with Crippen LogP contribution in [0.15, 0.2) is 47.1 Å². The molecule has 3 heterocycles. The molecule has 0 saturated carbocycles. The van der Waals surface area contributed by atoms with Crippen LogP contribution in [-0.2, 0) is 0 Å². The lowest BCUT2D eigenvalue weighted by molar-refractivity contribution is 0.0790. The van der Waals surface area contributed by atoms with Gasteiger partial charge >= 0.3 is 0 Å². The lowest BCUT2D eigenvalue weighted by atomic mass is 10.1. The molecular formula is C19H22N2O2. The van der Waals surface area contributed by atoms with Crippen LogP contribution in [0.5, 0.6) is 0 Å². The fourth-order valence-electron chi connectivity index (χ4n) is 3.67. The minimum Gasteiger partial charge on any atom is -0.469 e. The second-order valence-electron chi connectivity index (χ2n) is 6.49. The van der Waals surface area contributed by atoms with Gasteiger partial charge in [-0.05, 0) is 55.7 Å². The highest BCUT2D eigenvalue weighted by Gasteiger charge is 2.29. The number of carbonyl (C=O) groups is 1. The van der Waals surface area contributed by atoms with E-state index in [4.69, 9.17) is 4.42 Å². The molecule has 4 rings (SSSR count). The van der Waals surface area contributed by atoms with E-state index in [9.17, 15) is 4.79 Å². The third-order valence-corrected chi connectivity index (χ3v) is 5.01. The molecule has 0 radical (unpaired) electrons. The van der Waals surface area contributed by atoms with Gasteiger partial charge in [0.15, 0.2) is 0 Å². The van der Waals surface area contributed by atoms with E-state index in [2.05, 4.69) is 17.0 Å². The Morgan fingerprint density at radius 1 is 1.04 bits per heavy atom. The Morgan fingerprint density at radius 3 is 2.52 bits per heavy atom. The van der Waals surface area contributed by atoms with Gasteiger partial charge in [-0.3, -0.25) is 4.79 Å². The number of hydrogen-bond acceptors (Lipinski definition) is 3. The summed E-state index contributed by atoms with van der Waals surface area (Å²) >= 11 is 0. The van der Waals surface area contributed by atoms with E-state index in [0.717, 1.165) is 43.9 Å². The molecule has 4 nitrogen and oxygen atoms in total. The monoisotopic (exact) mass is 310 g/mol. The van der Waals surface area contributed by atoms with Crippen molar-refractivity contribution >= 4 is 11.6 Å². The molecule has 2 saturated heterocycles. The maximum absolute atomic E-state index is 12.7. The minimum absolute atomic E-state index is 0.132. The molecule has 0 aliphatic carbocycles. The first kappa shape index (κ1) is 14.4. The first-order chi connectivity index (χ1) is 11.3. The largest absolute Gasteiger partial charge is 0.469 e. The Morgan fingerprint density at radius 2 is 1.83 bits per heavy atom. The van der Waals surface area contributed by atoms with Crippen LogP contribution in [0, 0.1) is 0 Å². The van der Waals surface area contributed by atoms with Crippen molar-refractivity contribution in [1.29, 1.82) is 0 Å². The molecule has 1 unspecified atom stereocenters. The van der Waals surface area contributed by atoms with Crippen molar-refractivity contribution in [3.63, 3.8) is 0 Å². The summed E-state index contributed by atoms with van der Waals surface area (Å²) in [5, 5.41) is 0. The Balaban J connectivity index is 1.43. The van der Waals surface area contributed by atoms with Crippen LogP contribution in [0.2, 0.25) is 0 Å². The van der Waals surface area contributed by atoms with Crippen LogP contribution in [-0.4, -0.2) is 37.0 Å². The summed E-state index contributed by atoms with van der Waals surface area (Å²) in [7, 11) is 0. The average molecular weight is 310 g/mol. The van der Waals surface area contributed by atoms with Gasteiger partial charge in [0.2, 0.25) is 0 Å². The number of benzene rings is 1. The molecule has 1 aromatic carbocycles. The number of amides is 1. The van der Waals surface area contributed by atoms with Gasteiger partial charge in [0, 0.05) is 43.3 Å². The van der Waals surface area contributed by atoms with Crippen molar-refractivity contribution in [2.75, 3.05) is 31.1 Å². The third-order valence-electron chi connectivity index (χ3n) is 5.01. The zero-order valence-corrected chi connectivity index (χ0v) is 13.3. The number of carbonyl (C=O) groups excluding carboxylic acids is 1. The molecule has 0 bridgehead atoms. The predicted molar refractivity (Wildman–Crippen MR) is 89.9 cm³/mol. The zero-order chi connectivity index (χ0) is 15.6. The number of furan rings is 1. The normalized spacial score (nSPS) is 21.1. The van der Waals surface area contributed by atoms with Gasteiger partial charge in [-0.25, -0.2) is 0 Å². The van der Waals surface area contributed by atoms with E-state index >= 15 is 0 Å². The Bertz CT molecular complexity index is 657. The number of hydrogen-bond donors (Lipinski definition) is 0. The van der Waals surface area contributed by atoms with Crippen LogP contribution in [0.4, 0.5) is 5.69 Å². The molecule has 2 aromatic rings. The molecule has 2 aliphatic heterocycles. The highest BCUT2D eigenvalue weighted by Crippen LogP contribution is 2.29. The zero-order valence-electron chi connectivity index (χ0n) is 13.3. The highest BCUT2D eigenvalue weighted by atomic mass is 16.3. The van der Waals surface area contributed by atoms with Crippen molar-refractivity contribution in [3.05, 3.63) is 54.0 Å². The molecule has 4 heteroatoms. The van der Waals surface area contributed by atoms with E-state index in [0.29, 0.717) is 5.92 Å². The molecule has 120 valence electrons. The molecule has 1 amide bonds. The van der Waals surface area contributed by atoms with Gasteiger partial charge in [-0.2, -0.15) is 0 Å². The van der Waals surface area contributed by atoms with Crippen LogP contribution < -0.4 is 4.90 Å². The van der Waals surface area contributed by atoms with Crippen molar-refractivity contribution in [2.45, 2.75) is 25.2 Å². The van der Waals surface area contributed by atoms with Crippen LogP contribution in [0.1, 0.15) is 41.3 Å². The van der Waals surface area contributed by atoms with E-state index in [1.54, 1.807) is 6.26 Å². The maximum Gasteiger partial charge on any atom is 0.253 e. The molecule has 0 N–H and O–H groups in total. The summed E-state index contributed by atoms with van der Waals surface area (Å²) < 4.78 is 5.48. The van der Waals surface area contributed by atoms with Gasteiger partial charge in [-0.1, -0.05) is 0 Å². The van der Waals surface area contributed by atoms with E-state index in [1.165, 1.54) is 18.5 Å². The first-order valence-corrected chi connectivity index (χ1v) is 8.49. The molecular weight excluding hydrogens is 288 g/mol. The Labute approximate surface area is 136 Å². The molecule has 23 heavy (non-hydrogen) atoms. The highest BCUT2D eigenvalue weighted by molar-refractivity contribution is 5.94. The number of nitrogens with zero attached hydrogens (tertiary/aromatic N) is 2. The van der Waals surface area contributed by atoms with Gasteiger partial charge in [0.1, 0.15) is 5.76 Å². The van der Waals surface area contributed by atoms with Crippen molar-refractivity contribution in [3.8, 4) is 0 Å². The number of rotatable bonds is 3. The standard InChI is InChI=1S/C19H22N2O2/c22-19(21-12-9-16(14-21)18-4-3-13-23-18)15-5-7-17(8-6-15)20-10-1-2-11-20/h3-8,13,16H,1-2,9-12,14H2. The summed E-state index contributed by atoms with van der Waals surface area (Å²) in [6, 6.07) is 12.0. The predicted octanol–water partition coefficient (Wildman–Crippen LogP) is 3.51. The van der Waals surface area contributed by atoms with Crippen LogP contribution >= 0.6 is 0 Å². The fraction of sp³-hybridized carbons (Fsp3) is 0.421. The van der Waals surface area contributed by atoms with Gasteiger partial charge < -0.3 is 14.2 Å². The van der Waals surface area contributed by atoms with Gasteiger partial charge in [-0.15, -0.1) is 0 Å². The van der Waals surface area contributed by atoms with Gasteiger partial charge in [0.25, 0.3) is 5.91 Å². The van der Waals surface area contributed by atoms with Crippen molar-refractivity contribution in [1.82, 2.24) is 4.90 Å². The van der Waals surface area contributed by atoms with E-state index in [-0.39, 0.29) is 5.91 Å². The van der Waals surface area contributed by atoms with Crippen LogP contribution in [0.3, 0.4) is 0 Å². The molecule has 2 fully saturated rings. The number of likely N-dealkylation sites (tertiary alicyclic amines) is 1. The second kappa shape index (κ2) is 6.11. The Hall–Kier alpha value is -2.23. The smallest absolute Gasteiger partial charge is 0.253 e. The summed E-state index contributed by atoms with van der Waals surface area (Å²) in [4.78, 5) is 17.0. The van der Waals surface area contributed by atoms with Crippen LogP contribution in [0.25, 0.3) is 0 Å². The number of anilines is 1. The quantitative estimate of drug-likeness (QED) is 0.870. The van der Waals surface area contributed by atoms with Gasteiger partial charge in [0.05, 0.1) is 6.26 Å². The van der Waals surface area contributed by atoms with E-state index < -0.39 is 0 Å². The van der Waals surface area contributed by atoms with Crippen molar-refractivity contribution in [2.24, 2.45) is 0 Å². The maximum atomic E-state index is 12.7. The second-order valence-corrected chi connectivity index (χ2v) is 6.49. The summed E-state index contributed by atoms with van der Waals surface area (Å²) in [5.74, 6) is 1.45. The lowest BCUT2D eigenvalue weighted by Crippen LogP contribution is -2.28. The molecule has 2 aliphatic rings. The third kappa shape index (κ3) is 2.85. The average Bonchev–Trinajstić information content (AvgIpc) is 3.36. The lowest BCUT2D eigenvalue weighted by Gasteiger charge is -2.19. The molecule has 1 atom stereocenters. The fourth-order valence-corrected chi connectivity index (χ4v) is 3.67. The van der Waals surface area contributed by atoms with E-state index in [1.807, 2.05) is 29.2 Å². The molecule has 0 spiro atoms. The van der Waals surface area contributed by atoms with Crippen molar-refractivity contribution < 1.29 is 9.21 Å². The SMILES string of the molecule is O=C(c1ccc(N2CCCC2)cc1)N1CCC(c2ccco2)C1. The first-order valence-electron chi connectivity index (χ1n) is 8.49. The summed E-state index contributed by atoms with van der Waals surface area (Å²) in [5.41, 5.74) is 2.02. The summed E-state index contributed by atoms with van der Waals surface area (Å²) in [6.07, 6.45) is 5.22. The topological polar surface area (TPSA) is 36.7 Å². The molecule has 1 aromatic heterocycles.